The van der Waals surface area contributed by atoms with Gasteiger partial charge in [0.25, 0.3) is 0 Å². The van der Waals surface area contributed by atoms with Crippen molar-refractivity contribution in [2.45, 2.75) is 9.79 Å². The van der Waals surface area contributed by atoms with Crippen LogP contribution in [0, 0.1) is 0 Å². The number of hydrogen-bond donors (Lipinski definition) is 0. The molecule has 0 aliphatic rings. The van der Waals surface area contributed by atoms with Gasteiger partial charge >= 0.3 is 0 Å². The molecule has 0 fully saturated rings. The quantitative estimate of drug-likeness (QED) is 0.529. The van der Waals surface area contributed by atoms with Crippen molar-refractivity contribution >= 4 is 10.9 Å². The SMILES string of the molecule is C=C/C=C\C=C.C[S+](c1ccccc1)c1ccccc1. The van der Waals surface area contributed by atoms with Gasteiger partial charge in [0, 0.05) is 0 Å². The summed E-state index contributed by atoms with van der Waals surface area (Å²) in [6.45, 7) is 6.93. The smallest absolute Gasteiger partial charge is 0.0991 e. The predicted octanol–water partition coefficient (Wildman–Crippen LogP) is 5.27. The summed E-state index contributed by atoms with van der Waals surface area (Å²) in [4.78, 5) is 2.80. The average Bonchev–Trinajstić information content (AvgIpc) is 2.54. The second kappa shape index (κ2) is 9.88. The van der Waals surface area contributed by atoms with Crippen LogP contribution < -0.4 is 0 Å². The molecule has 1 heteroatoms. The van der Waals surface area contributed by atoms with E-state index in [9.17, 15) is 0 Å². The third kappa shape index (κ3) is 5.77. The first-order valence-corrected chi connectivity index (χ1v) is 8.09. The molecule has 0 saturated heterocycles. The Morgan fingerprint density at radius 1 is 0.700 bits per heavy atom. The van der Waals surface area contributed by atoms with Crippen LogP contribution in [0.1, 0.15) is 0 Å². The van der Waals surface area contributed by atoms with E-state index in [1.807, 2.05) is 12.2 Å². The largest absolute Gasteiger partial charge is 0.160 e. The monoisotopic (exact) mass is 281 g/mol. The molecule has 0 amide bonds. The highest BCUT2D eigenvalue weighted by atomic mass is 32.2. The number of rotatable bonds is 4. The van der Waals surface area contributed by atoms with Gasteiger partial charge in [-0.3, -0.25) is 0 Å². The molecule has 0 unspecified atom stereocenters. The Bertz CT molecular complexity index is 477. The summed E-state index contributed by atoms with van der Waals surface area (Å²) in [5.41, 5.74) is 0. The lowest BCUT2D eigenvalue weighted by molar-refractivity contribution is 1.38. The standard InChI is InChI=1S/C13H13S.C6H8/c1-14(12-8-4-2-5-9-12)13-10-6-3-7-11-13;1-3-5-6-4-2/h2-11H,1H3;3-6H,1-2H2/q+1;/b;6-5-. The molecule has 102 valence electrons. The van der Waals surface area contributed by atoms with Gasteiger partial charge in [-0.05, 0) is 24.3 Å². The fraction of sp³-hybridized carbons (Fsp3) is 0.0526. The first-order valence-electron chi connectivity index (χ1n) is 6.45. The van der Waals surface area contributed by atoms with E-state index in [4.69, 9.17) is 0 Å². The Morgan fingerprint density at radius 3 is 1.35 bits per heavy atom. The lowest BCUT2D eigenvalue weighted by Gasteiger charge is -2.00. The van der Waals surface area contributed by atoms with E-state index in [0.29, 0.717) is 0 Å². The minimum absolute atomic E-state index is 0.203. The molecular weight excluding hydrogens is 260 g/mol. The van der Waals surface area contributed by atoms with Gasteiger partial charge < -0.3 is 0 Å². The molecule has 0 heterocycles. The van der Waals surface area contributed by atoms with Crippen LogP contribution in [-0.2, 0) is 10.9 Å². The van der Waals surface area contributed by atoms with Crippen molar-refractivity contribution in [1.29, 1.82) is 0 Å². The molecule has 2 aromatic carbocycles. The zero-order valence-corrected chi connectivity index (χ0v) is 12.7. The van der Waals surface area contributed by atoms with Crippen LogP contribution in [0.3, 0.4) is 0 Å². The second-order valence-electron chi connectivity index (χ2n) is 3.99. The van der Waals surface area contributed by atoms with E-state index in [2.05, 4.69) is 80.1 Å². The summed E-state index contributed by atoms with van der Waals surface area (Å²) in [7, 11) is 0.203. The van der Waals surface area contributed by atoms with Crippen LogP contribution in [0.15, 0.2) is 108 Å². The summed E-state index contributed by atoms with van der Waals surface area (Å²) in [5.74, 6) is 0. The van der Waals surface area contributed by atoms with Gasteiger partial charge in [-0.2, -0.15) is 0 Å². The van der Waals surface area contributed by atoms with Crippen LogP contribution in [0.2, 0.25) is 0 Å². The van der Waals surface area contributed by atoms with Gasteiger partial charge in [-0.1, -0.05) is 73.9 Å². The first-order chi connectivity index (χ1) is 9.79. The van der Waals surface area contributed by atoms with E-state index < -0.39 is 0 Å². The highest BCUT2D eigenvalue weighted by Gasteiger charge is 2.17. The van der Waals surface area contributed by atoms with Crippen LogP contribution >= 0.6 is 0 Å². The van der Waals surface area contributed by atoms with Crippen molar-refractivity contribution in [3.8, 4) is 0 Å². The van der Waals surface area contributed by atoms with Crippen LogP contribution in [-0.4, -0.2) is 6.26 Å². The minimum atomic E-state index is 0.203. The summed E-state index contributed by atoms with van der Waals surface area (Å²) < 4.78 is 0. The highest BCUT2D eigenvalue weighted by Crippen LogP contribution is 2.19. The molecule has 0 aliphatic heterocycles. The molecule has 0 nitrogen and oxygen atoms in total. The molecule has 0 aliphatic carbocycles. The molecule has 0 bridgehead atoms. The third-order valence-electron chi connectivity index (χ3n) is 2.58. The number of allylic oxidation sites excluding steroid dienone is 4. The Labute approximate surface area is 125 Å². The van der Waals surface area contributed by atoms with E-state index >= 15 is 0 Å². The highest BCUT2D eigenvalue weighted by molar-refractivity contribution is 7.96. The summed E-state index contributed by atoms with van der Waals surface area (Å²) >= 11 is 0. The molecular formula is C19H21S+. The molecule has 0 saturated carbocycles. The van der Waals surface area contributed by atoms with Crippen molar-refractivity contribution in [2.24, 2.45) is 0 Å². The van der Waals surface area contributed by atoms with Gasteiger partial charge in [0.2, 0.25) is 0 Å². The maximum absolute atomic E-state index is 3.46. The summed E-state index contributed by atoms with van der Waals surface area (Å²) in [5, 5.41) is 0. The fourth-order valence-electron chi connectivity index (χ4n) is 1.54. The van der Waals surface area contributed by atoms with Crippen molar-refractivity contribution < 1.29 is 0 Å². The summed E-state index contributed by atoms with van der Waals surface area (Å²) in [6.07, 6.45) is 9.34. The molecule has 2 aromatic rings. The van der Waals surface area contributed by atoms with E-state index in [1.54, 1.807) is 12.2 Å². The Morgan fingerprint density at radius 2 is 1.05 bits per heavy atom. The van der Waals surface area contributed by atoms with Crippen molar-refractivity contribution in [3.05, 3.63) is 98.1 Å². The number of hydrogen-bond acceptors (Lipinski definition) is 0. The topological polar surface area (TPSA) is 0 Å². The van der Waals surface area contributed by atoms with Gasteiger partial charge in [-0.15, -0.1) is 0 Å². The molecule has 0 aromatic heterocycles. The van der Waals surface area contributed by atoms with E-state index in [0.717, 1.165) is 0 Å². The van der Waals surface area contributed by atoms with E-state index in [-0.39, 0.29) is 10.9 Å². The van der Waals surface area contributed by atoms with Gasteiger partial charge in [0.05, 0.1) is 10.9 Å². The Hall–Kier alpha value is -1.99. The van der Waals surface area contributed by atoms with Crippen LogP contribution in [0.4, 0.5) is 0 Å². The fourth-order valence-corrected chi connectivity index (χ4v) is 2.95. The van der Waals surface area contributed by atoms with Crippen LogP contribution in [0.25, 0.3) is 0 Å². The van der Waals surface area contributed by atoms with E-state index in [1.165, 1.54) is 9.79 Å². The molecule has 0 atom stereocenters. The second-order valence-corrected chi connectivity index (χ2v) is 5.96. The normalized spacial score (nSPS) is 9.90. The van der Waals surface area contributed by atoms with Crippen LogP contribution in [0.5, 0.6) is 0 Å². The predicted molar refractivity (Wildman–Crippen MR) is 92.2 cm³/mol. The molecule has 0 radical (unpaired) electrons. The maximum atomic E-state index is 3.46. The Balaban J connectivity index is 0.000000286. The third-order valence-corrected chi connectivity index (χ3v) is 4.54. The number of benzene rings is 2. The van der Waals surface area contributed by atoms with Gasteiger partial charge in [-0.25, -0.2) is 0 Å². The zero-order valence-electron chi connectivity index (χ0n) is 11.9. The zero-order chi connectivity index (χ0) is 14.6. The maximum Gasteiger partial charge on any atom is 0.160 e. The molecule has 20 heavy (non-hydrogen) atoms. The van der Waals surface area contributed by atoms with Crippen molar-refractivity contribution in [2.75, 3.05) is 6.26 Å². The van der Waals surface area contributed by atoms with Gasteiger partial charge in [0.1, 0.15) is 6.26 Å². The van der Waals surface area contributed by atoms with Crippen molar-refractivity contribution in [1.82, 2.24) is 0 Å². The summed E-state index contributed by atoms with van der Waals surface area (Å²) in [6, 6.07) is 21.3. The average molecular weight is 281 g/mol. The van der Waals surface area contributed by atoms with Crippen molar-refractivity contribution in [3.63, 3.8) is 0 Å². The lowest BCUT2D eigenvalue weighted by atomic mass is 10.4. The first kappa shape index (κ1) is 16.1. The lowest BCUT2D eigenvalue weighted by Crippen LogP contribution is -1.99. The molecule has 0 spiro atoms. The minimum Gasteiger partial charge on any atom is -0.0991 e. The molecule has 0 N–H and O–H groups in total. The Kier molecular flexibility index (Phi) is 7.93. The molecule has 2 rings (SSSR count). The van der Waals surface area contributed by atoms with Gasteiger partial charge in [0.15, 0.2) is 9.79 Å².